The summed E-state index contributed by atoms with van der Waals surface area (Å²) in [5.41, 5.74) is -0.0000161. The third kappa shape index (κ3) is 3.05. The molecule has 0 unspecified atom stereocenters. The number of benzene rings is 1. The molecule has 0 radical (unpaired) electrons. The zero-order valence-corrected chi connectivity index (χ0v) is 11.4. The molecule has 1 aromatic heterocycles. The van der Waals surface area contributed by atoms with Crippen LogP contribution in [-0.4, -0.2) is 4.92 Å². The van der Waals surface area contributed by atoms with Crippen molar-refractivity contribution in [1.29, 1.82) is 0 Å². The van der Waals surface area contributed by atoms with E-state index in [-0.39, 0.29) is 0 Å². The van der Waals surface area contributed by atoms with Crippen LogP contribution in [-0.2, 0) is 6.54 Å². The van der Waals surface area contributed by atoms with Gasteiger partial charge in [0.05, 0.1) is 8.71 Å². The number of halogens is 2. The number of nitro groups is 1. The second-order valence-corrected chi connectivity index (χ2v) is 6.03. The summed E-state index contributed by atoms with van der Waals surface area (Å²) in [5.74, 6) is -0.829. The Kier molecular flexibility index (Phi) is 3.93. The van der Waals surface area contributed by atoms with Gasteiger partial charge in [-0.2, -0.15) is 4.39 Å². The van der Waals surface area contributed by atoms with Gasteiger partial charge in [0.1, 0.15) is 0 Å². The van der Waals surface area contributed by atoms with Crippen molar-refractivity contribution < 1.29 is 9.31 Å². The molecule has 1 N–H and O–H groups in total. The van der Waals surface area contributed by atoms with Crippen molar-refractivity contribution in [2.24, 2.45) is 0 Å². The molecule has 1 heterocycles. The van der Waals surface area contributed by atoms with Crippen molar-refractivity contribution in [1.82, 2.24) is 0 Å². The Balaban J connectivity index is 2.10. The van der Waals surface area contributed by atoms with Crippen LogP contribution < -0.4 is 5.32 Å². The van der Waals surface area contributed by atoms with Gasteiger partial charge in [0, 0.05) is 23.2 Å². The first kappa shape index (κ1) is 13.0. The van der Waals surface area contributed by atoms with Crippen molar-refractivity contribution in [3.8, 4) is 0 Å². The van der Waals surface area contributed by atoms with Crippen LogP contribution >= 0.6 is 27.3 Å². The molecule has 0 saturated heterocycles. The van der Waals surface area contributed by atoms with Crippen LogP contribution in [0.15, 0.2) is 34.1 Å². The van der Waals surface area contributed by atoms with Crippen LogP contribution in [0.1, 0.15) is 4.88 Å². The highest BCUT2D eigenvalue weighted by Gasteiger charge is 2.14. The highest BCUT2D eigenvalue weighted by molar-refractivity contribution is 9.11. The van der Waals surface area contributed by atoms with Crippen LogP contribution in [0, 0.1) is 15.9 Å². The molecule has 0 bridgehead atoms. The number of nitrogens with zero attached hydrogens (tertiary/aromatic N) is 1. The minimum absolute atomic E-state index is 0.521. The van der Waals surface area contributed by atoms with E-state index >= 15 is 0 Å². The standard InChI is InChI=1S/C11H8BrFN2O2S/c12-11-4-2-8(18-11)6-14-7-1-3-9(13)10(5-7)15(16)17/h1-5,14H,6H2. The minimum Gasteiger partial charge on any atom is -0.380 e. The summed E-state index contributed by atoms with van der Waals surface area (Å²) in [6.07, 6.45) is 0. The number of hydrogen-bond acceptors (Lipinski definition) is 4. The first-order chi connectivity index (χ1) is 8.56. The monoisotopic (exact) mass is 330 g/mol. The SMILES string of the molecule is O=[N+]([O-])c1cc(NCc2ccc(Br)s2)ccc1F. The quantitative estimate of drug-likeness (QED) is 0.676. The van der Waals surface area contributed by atoms with Crippen molar-refractivity contribution in [2.75, 3.05) is 5.32 Å². The maximum atomic E-state index is 13.1. The van der Waals surface area contributed by atoms with Gasteiger partial charge in [0.25, 0.3) is 0 Å². The molecule has 0 fully saturated rings. The fourth-order valence-electron chi connectivity index (χ4n) is 1.40. The predicted molar refractivity (Wildman–Crippen MR) is 72.4 cm³/mol. The number of rotatable bonds is 4. The Morgan fingerprint density at radius 1 is 1.39 bits per heavy atom. The number of anilines is 1. The van der Waals surface area contributed by atoms with Gasteiger partial charge in [-0.25, -0.2) is 0 Å². The molecular formula is C11H8BrFN2O2S. The average molecular weight is 331 g/mol. The maximum Gasteiger partial charge on any atom is 0.306 e. The highest BCUT2D eigenvalue weighted by Crippen LogP contribution is 2.25. The minimum atomic E-state index is -0.829. The zero-order chi connectivity index (χ0) is 13.1. The molecule has 4 nitrogen and oxygen atoms in total. The summed E-state index contributed by atoms with van der Waals surface area (Å²) >= 11 is 4.92. The molecule has 2 aromatic rings. The Hall–Kier alpha value is -1.47. The lowest BCUT2D eigenvalue weighted by atomic mass is 10.2. The summed E-state index contributed by atoms with van der Waals surface area (Å²) in [6.45, 7) is 0.541. The molecule has 18 heavy (non-hydrogen) atoms. The molecule has 2 rings (SSSR count). The molecule has 0 aliphatic carbocycles. The first-order valence-electron chi connectivity index (χ1n) is 4.98. The van der Waals surface area contributed by atoms with E-state index in [1.807, 2.05) is 12.1 Å². The second-order valence-electron chi connectivity index (χ2n) is 3.48. The zero-order valence-electron chi connectivity index (χ0n) is 9.02. The van der Waals surface area contributed by atoms with E-state index in [4.69, 9.17) is 0 Å². The van der Waals surface area contributed by atoms with Crippen LogP contribution in [0.2, 0.25) is 0 Å². The largest absolute Gasteiger partial charge is 0.380 e. The third-order valence-electron chi connectivity index (χ3n) is 2.24. The Labute approximate surface area is 115 Å². The molecule has 7 heteroatoms. The number of thiophene rings is 1. The molecule has 0 aliphatic heterocycles. The number of nitrogens with one attached hydrogen (secondary N) is 1. The van der Waals surface area contributed by atoms with E-state index in [1.165, 1.54) is 12.1 Å². The summed E-state index contributed by atoms with van der Waals surface area (Å²) < 4.78 is 14.1. The van der Waals surface area contributed by atoms with Gasteiger partial charge in [-0.15, -0.1) is 11.3 Å². The van der Waals surface area contributed by atoms with Crippen LogP contribution in [0.25, 0.3) is 0 Å². The Bertz CT molecular complexity index is 588. The van der Waals surface area contributed by atoms with E-state index in [9.17, 15) is 14.5 Å². The lowest BCUT2D eigenvalue weighted by Gasteiger charge is -2.04. The summed E-state index contributed by atoms with van der Waals surface area (Å²) in [5, 5.41) is 13.6. The smallest absolute Gasteiger partial charge is 0.306 e. The van der Waals surface area contributed by atoms with Crippen LogP contribution in [0.3, 0.4) is 0 Å². The predicted octanol–water partition coefficient (Wildman–Crippen LogP) is 4.17. The molecule has 94 valence electrons. The summed E-state index contributed by atoms with van der Waals surface area (Å²) in [7, 11) is 0. The topological polar surface area (TPSA) is 55.2 Å². The van der Waals surface area contributed by atoms with E-state index in [2.05, 4.69) is 21.2 Å². The Morgan fingerprint density at radius 2 is 2.17 bits per heavy atom. The van der Waals surface area contributed by atoms with Crippen molar-refractivity contribution in [3.05, 3.63) is 54.9 Å². The highest BCUT2D eigenvalue weighted by atomic mass is 79.9. The molecule has 0 aliphatic rings. The fraction of sp³-hybridized carbons (Fsp3) is 0.0909. The summed E-state index contributed by atoms with van der Waals surface area (Å²) in [6, 6.07) is 7.63. The van der Waals surface area contributed by atoms with Gasteiger partial charge < -0.3 is 5.32 Å². The maximum absolute atomic E-state index is 13.1. The van der Waals surface area contributed by atoms with Gasteiger partial charge in [-0.05, 0) is 40.2 Å². The average Bonchev–Trinajstić information content (AvgIpc) is 2.74. The van der Waals surface area contributed by atoms with Gasteiger partial charge >= 0.3 is 5.69 Å². The van der Waals surface area contributed by atoms with Crippen LogP contribution in [0.5, 0.6) is 0 Å². The molecule has 0 saturated carbocycles. The van der Waals surface area contributed by atoms with Gasteiger partial charge in [-0.3, -0.25) is 10.1 Å². The lowest BCUT2D eigenvalue weighted by Crippen LogP contribution is -1.99. The number of nitro benzene ring substituents is 1. The van der Waals surface area contributed by atoms with E-state index < -0.39 is 16.4 Å². The molecule has 0 spiro atoms. The third-order valence-corrected chi connectivity index (χ3v) is 3.86. The lowest BCUT2D eigenvalue weighted by molar-refractivity contribution is -0.387. The van der Waals surface area contributed by atoms with E-state index in [0.717, 1.165) is 14.7 Å². The second kappa shape index (κ2) is 5.45. The number of hydrogen-bond donors (Lipinski definition) is 1. The van der Waals surface area contributed by atoms with Gasteiger partial charge in [-0.1, -0.05) is 0 Å². The molecule has 0 atom stereocenters. The van der Waals surface area contributed by atoms with Gasteiger partial charge in [0.2, 0.25) is 5.82 Å². The molecule has 0 amide bonds. The first-order valence-corrected chi connectivity index (χ1v) is 6.59. The Morgan fingerprint density at radius 3 is 2.78 bits per heavy atom. The van der Waals surface area contributed by atoms with Crippen LogP contribution in [0.4, 0.5) is 15.8 Å². The fourth-order valence-corrected chi connectivity index (χ4v) is 2.82. The summed E-state index contributed by atoms with van der Waals surface area (Å²) in [4.78, 5) is 10.9. The van der Waals surface area contributed by atoms with Gasteiger partial charge in [0.15, 0.2) is 0 Å². The van der Waals surface area contributed by atoms with E-state index in [0.29, 0.717) is 12.2 Å². The molecule has 1 aromatic carbocycles. The van der Waals surface area contributed by atoms with Crippen molar-refractivity contribution >= 4 is 38.6 Å². The van der Waals surface area contributed by atoms with Crippen molar-refractivity contribution in [2.45, 2.75) is 6.54 Å². The molecular weight excluding hydrogens is 323 g/mol. The van der Waals surface area contributed by atoms with Crippen molar-refractivity contribution in [3.63, 3.8) is 0 Å². The normalized spacial score (nSPS) is 10.3. The van der Waals surface area contributed by atoms with E-state index in [1.54, 1.807) is 11.3 Å².